The average Bonchev–Trinajstić information content (AvgIpc) is 2.97. The van der Waals surface area contributed by atoms with Crippen molar-refractivity contribution in [2.45, 2.75) is 71.6 Å². The molecule has 0 spiro atoms. The van der Waals surface area contributed by atoms with E-state index in [-0.39, 0.29) is 23.5 Å². The van der Waals surface area contributed by atoms with Crippen LogP contribution in [0.2, 0.25) is 5.02 Å². The van der Waals surface area contributed by atoms with Crippen LogP contribution in [0.15, 0.2) is 72.8 Å². The molecule has 0 heterocycles. The largest absolute Gasteiger partial charge is 0.466 e. The van der Waals surface area contributed by atoms with Gasteiger partial charge in [-0.3, -0.25) is 9.69 Å². The van der Waals surface area contributed by atoms with E-state index in [2.05, 4.69) is 49.9 Å². The zero-order valence-corrected chi connectivity index (χ0v) is 26.3. The Morgan fingerprint density at radius 3 is 2.33 bits per heavy atom. The Morgan fingerprint density at radius 1 is 0.929 bits per heavy atom. The van der Waals surface area contributed by atoms with Gasteiger partial charge in [0.15, 0.2) is 0 Å². The molecule has 0 amide bonds. The molecule has 0 saturated carbocycles. The van der Waals surface area contributed by atoms with E-state index in [4.69, 9.17) is 25.8 Å². The molecule has 0 radical (unpaired) electrons. The molecule has 0 aliphatic carbocycles. The van der Waals surface area contributed by atoms with Gasteiger partial charge in [-0.25, -0.2) is 4.79 Å². The molecule has 0 fully saturated rings. The van der Waals surface area contributed by atoms with E-state index in [0.717, 1.165) is 36.1 Å². The summed E-state index contributed by atoms with van der Waals surface area (Å²) in [5, 5.41) is 0.662. The van der Waals surface area contributed by atoms with Crippen LogP contribution in [0.25, 0.3) is 0 Å². The molecule has 1 atom stereocenters. The molecular weight excluding hydrogens is 550 g/mol. The smallest absolute Gasteiger partial charge is 0.337 e. The van der Waals surface area contributed by atoms with Crippen molar-refractivity contribution in [2.24, 2.45) is 0 Å². The number of rotatable bonds is 15. The fourth-order valence-electron chi connectivity index (χ4n) is 4.72. The lowest BCUT2D eigenvalue weighted by molar-refractivity contribution is -0.143. The molecule has 3 aromatic carbocycles. The number of hydrogen-bond acceptors (Lipinski definition) is 6. The maximum Gasteiger partial charge on any atom is 0.337 e. The molecule has 42 heavy (non-hydrogen) atoms. The third kappa shape index (κ3) is 10.9. The first kappa shape index (κ1) is 33.3. The summed E-state index contributed by atoms with van der Waals surface area (Å²) in [6, 6.07) is 23.8. The van der Waals surface area contributed by atoms with Gasteiger partial charge in [-0.1, -0.05) is 80.9 Å². The number of methoxy groups -OCH3 is 1. The van der Waals surface area contributed by atoms with Crippen LogP contribution in [0.5, 0.6) is 0 Å². The second kappa shape index (κ2) is 16.4. The summed E-state index contributed by atoms with van der Waals surface area (Å²) in [5.41, 5.74) is 5.02. The number of halogens is 1. The molecule has 3 rings (SSSR count). The molecule has 0 unspecified atom stereocenters. The van der Waals surface area contributed by atoms with E-state index in [0.29, 0.717) is 43.3 Å². The quantitative estimate of drug-likeness (QED) is 0.132. The SMILES string of the molecule is CCOC(=O)CCCCN(Cc1ccc(C(=O)OC)cc1)C[C@H](OCc1cccc(C(C)(C)C)c1)c1cccc(Cl)c1. The van der Waals surface area contributed by atoms with E-state index < -0.39 is 0 Å². The standard InChI is InChI=1S/C35H44ClNO5/c1-6-41-33(38)15-7-8-20-37(23-26-16-18-28(19-17-26)34(39)40-5)24-32(29-12-10-14-31(36)22-29)42-25-27-11-9-13-30(21-27)35(2,3)4/h9-14,16-19,21-22,32H,6-8,15,20,23-25H2,1-5H3/t32-/m0/s1. The minimum atomic E-state index is -0.359. The lowest BCUT2D eigenvalue weighted by atomic mass is 9.86. The molecule has 0 aliphatic heterocycles. The second-order valence-corrected chi connectivity index (χ2v) is 11.9. The zero-order chi connectivity index (χ0) is 30.5. The molecule has 0 bridgehead atoms. The molecule has 226 valence electrons. The lowest BCUT2D eigenvalue weighted by Gasteiger charge is -2.29. The molecule has 7 heteroatoms. The van der Waals surface area contributed by atoms with E-state index in [1.165, 1.54) is 12.7 Å². The Kier molecular flexibility index (Phi) is 13.0. The number of hydrogen-bond donors (Lipinski definition) is 0. The summed E-state index contributed by atoms with van der Waals surface area (Å²) in [4.78, 5) is 26.1. The molecule has 0 aromatic heterocycles. The summed E-state index contributed by atoms with van der Waals surface area (Å²) < 4.78 is 16.6. The third-order valence-corrected chi connectivity index (χ3v) is 7.32. The van der Waals surface area contributed by atoms with Crippen LogP contribution in [0, 0.1) is 0 Å². The fourth-order valence-corrected chi connectivity index (χ4v) is 4.91. The average molecular weight is 594 g/mol. The van der Waals surface area contributed by atoms with Crippen molar-refractivity contribution in [2.75, 3.05) is 26.8 Å². The Bertz CT molecular complexity index is 1290. The summed E-state index contributed by atoms with van der Waals surface area (Å²) in [5.74, 6) is -0.526. The summed E-state index contributed by atoms with van der Waals surface area (Å²) in [7, 11) is 1.38. The van der Waals surface area contributed by atoms with Crippen molar-refractivity contribution in [1.82, 2.24) is 4.90 Å². The Balaban J connectivity index is 1.80. The van der Waals surface area contributed by atoms with Crippen LogP contribution in [0.1, 0.15) is 85.7 Å². The van der Waals surface area contributed by atoms with Gasteiger partial charge in [-0.05, 0) is 78.2 Å². The summed E-state index contributed by atoms with van der Waals surface area (Å²) in [6.45, 7) is 11.3. The number of carbonyl (C=O) groups is 2. The Morgan fingerprint density at radius 2 is 1.67 bits per heavy atom. The van der Waals surface area contributed by atoms with Crippen molar-refractivity contribution in [3.63, 3.8) is 0 Å². The van der Waals surface area contributed by atoms with Crippen molar-refractivity contribution < 1.29 is 23.8 Å². The first-order valence-electron chi connectivity index (χ1n) is 14.6. The first-order valence-corrected chi connectivity index (χ1v) is 15.0. The zero-order valence-electron chi connectivity index (χ0n) is 25.5. The molecule has 0 aliphatic rings. The first-order chi connectivity index (χ1) is 20.1. The van der Waals surface area contributed by atoms with Gasteiger partial charge in [-0.15, -0.1) is 0 Å². The number of ether oxygens (including phenoxy) is 3. The molecule has 0 N–H and O–H groups in total. The highest BCUT2D eigenvalue weighted by Gasteiger charge is 2.20. The molecular formula is C35H44ClNO5. The van der Waals surface area contributed by atoms with Crippen LogP contribution < -0.4 is 0 Å². The van der Waals surface area contributed by atoms with Crippen LogP contribution in [0.4, 0.5) is 0 Å². The lowest BCUT2D eigenvalue weighted by Crippen LogP contribution is -2.30. The predicted octanol–water partition coefficient (Wildman–Crippen LogP) is 7.92. The topological polar surface area (TPSA) is 65.1 Å². The third-order valence-electron chi connectivity index (χ3n) is 7.08. The van der Waals surface area contributed by atoms with Gasteiger partial charge in [0, 0.05) is 24.5 Å². The summed E-state index contributed by atoms with van der Waals surface area (Å²) in [6.07, 6.45) is 1.73. The highest BCUT2D eigenvalue weighted by Crippen LogP contribution is 2.27. The fraction of sp³-hybridized carbons (Fsp3) is 0.429. The molecule has 3 aromatic rings. The summed E-state index contributed by atoms with van der Waals surface area (Å²) >= 11 is 6.40. The number of esters is 2. The highest BCUT2D eigenvalue weighted by molar-refractivity contribution is 6.30. The van der Waals surface area contributed by atoms with Gasteiger partial charge in [0.2, 0.25) is 0 Å². The monoisotopic (exact) mass is 593 g/mol. The van der Waals surface area contributed by atoms with E-state index in [1.807, 2.05) is 43.3 Å². The highest BCUT2D eigenvalue weighted by atomic mass is 35.5. The number of nitrogens with zero attached hydrogens (tertiary/aromatic N) is 1. The maximum absolute atomic E-state index is 11.9. The minimum absolute atomic E-state index is 0.0478. The van der Waals surface area contributed by atoms with Crippen molar-refractivity contribution in [3.05, 3.63) is 106 Å². The predicted molar refractivity (Wildman–Crippen MR) is 168 cm³/mol. The van der Waals surface area contributed by atoms with Gasteiger partial charge in [0.25, 0.3) is 0 Å². The molecule has 0 saturated heterocycles. The second-order valence-electron chi connectivity index (χ2n) is 11.5. The van der Waals surface area contributed by atoms with Gasteiger partial charge < -0.3 is 14.2 Å². The van der Waals surface area contributed by atoms with Crippen molar-refractivity contribution >= 4 is 23.5 Å². The van der Waals surface area contributed by atoms with E-state index >= 15 is 0 Å². The van der Waals surface area contributed by atoms with Gasteiger partial charge in [-0.2, -0.15) is 0 Å². The van der Waals surface area contributed by atoms with E-state index in [9.17, 15) is 9.59 Å². The van der Waals surface area contributed by atoms with Gasteiger partial charge in [0.05, 0.1) is 32.0 Å². The molecule has 6 nitrogen and oxygen atoms in total. The van der Waals surface area contributed by atoms with Gasteiger partial charge >= 0.3 is 11.9 Å². The minimum Gasteiger partial charge on any atom is -0.466 e. The van der Waals surface area contributed by atoms with Crippen LogP contribution >= 0.6 is 11.6 Å². The van der Waals surface area contributed by atoms with Crippen molar-refractivity contribution in [1.29, 1.82) is 0 Å². The maximum atomic E-state index is 11.9. The normalized spacial score (nSPS) is 12.3. The van der Waals surface area contributed by atoms with Crippen molar-refractivity contribution in [3.8, 4) is 0 Å². The van der Waals surface area contributed by atoms with Crippen LogP contribution in [-0.2, 0) is 37.6 Å². The van der Waals surface area contributed by atoms with Gasteiger partial charge in [0.1, 0.15) is 0 Å². The number of unbranched alkanes of at least 4 members (excludes halogenated alkanes) is 1. The van der Waals surface area contributed by atoms with E-state index in [1.54, 1.807) is 12.1 Å². The Labute approximate surface area is 255 Å². The Hall–Kier alpha value is -3.19. The number of benzene rings is 3. The number of carbonyl (C=O) groups excluding carboxylic acids is 2. The van der Waals surface area contributed by atoms with Crippen LogP contribution in [0.3, 0.4) is 0 Å². The van der Waals surface area contributed by atoms with Crippen LogP contribution in [-0.4, -0.2) is 43.6 Å².